The molecule has 1 aliphatic carbocycles. The molecule has 0 saturated carbocycles. The minimum Gasteiger partial charge on any atom is -0.497 e. The van der Waals surface area contributed by atoms with E-state index in [-0.39, 0.29) is 6.04 Å². The number of hydrogen-bond acceptors (Lipinski definition) is 5. The summed E-state index contributed by atoms with van der Waals surface area (Å²) < 4.78 is 10.7. The largest absolute Gasteiger partial charge is 0.497 e. The minimum absolute atomic E-state index is 0.172. The third-order valence-corrected chi connectivity index (χ3v) is 4.17. The lowest BCUT2D eigenvalue weighted by atomic mass is 9.93. The molecule has 6 N–H and O–H groups in total. The fourth-order valence-electron chi connectivity index (χ4n) is 2.80. The smallest absolute Gasteiger partial charge is 0.165 e. The lowest BCUT2D eigenvalue weighted by Crippen LogP contribution is -2.40. The Balaban J connectivity index is 2.23. The predicted octanol–water partition coefficient (Wildman–Crippen LogP) is -0.590. The Bertz CT molecular complexity index is 575. The molecule has 1 unspecified atom stereocenters. The van der Waals surface area contributed by atoms with E-state index in [9.17, 15) is 0 Å². The fourth-order valence-corrected chi connectivity index (χ4v) is 2.80. The maximum absolute atomic E-state index is 6.26. The van der Waals surface area contributed by atoms with Crippen molar-refractivity contribution in [3.63, 3.8) is 0 Å². The molecule has 1 aliphatic heterocycles. The summed E-state index contributed by atoms with van der Waals surface area (Å²) in [5.74, 6) is 1.45. The zero-order valence-corrected chi connectivity index (χ0v) is 13.3. The van der Waals surface area contributed by atoms with Crippen LogP contribution in [-0.2, 0) is 9.47 Å². The van der Waals surface area contributed by atoms with Gasteiger partial charge in [0.2, 0.25) is 0 Å². The van der Waals surface area contributed by atoms with E-state index >= 15 is 0 Å². The molecular formula is C16H25N4O2+. The highest BCUT2D eigenvalue weighted by molar-refractivity contribution is 5.74. The maximum Gasteiger partial charge on any atom is 0.165 e. The monoisotopic (exact) mass is 305 g/mol. The van der Waals surface area contributed by atoms with Crippen molar-refractivity contribution in [3.05, 3.63) is 46.7 Å². The van der Waals surface area contributed by atoms with Crippen molar-refractivity contribution in [2.24, 2.45) is 11.5 Å². The van der Waals surface area contributed by atoms with Crippen LogP contribution in [0.5, 0.6) is 0 Å². The number of nitrogens with zero attached hydrogens (tertiary/aromatic N) is 1. The first-order valence-corrected chi connectivity index (χ1v) is 7.26. The van der Waals surface area contributed by atoms with Crippen LogP contribution in [0.25, 0.3) is 0 Å². The van der Waals surface area contributed by atoms with Gasteiger partial charge in [0.25, 0.3) is 0 Å². The van der Waals surface area contributed by atoms with Gasteiger partial charge < -0.3 is 25.8 Å². The number of ether oxygens (including phenoxy) is 2. The summed E-state index contributed by atoms with van der Waals surface area (Å²) in [6, 6.07) is -0.172. The van der Waals surface area contributed by atoms with Crippen LogP contribution in [0, 0.1) is 0 Å². The van der Waals surface area contributed by atoms with Gasteiger partial charge in [-0.1, -0.05) is 6.58 Å². The van der Waals surface area contributed by atoms with Crippen LogP contribution in [0.2, 0.25) is 0 Å². The summed E-state index contributed by atoms with van der Waals surface area (Å²) in [6.45, 7) is 5.62. The first-order chi connectivity index (χ1) is 10.5. The molecule has 0 radical (unpaired) electrons. The Morgan fingerprint density at radius 2 is 2.18 bits per heavy atom. The summed E-state index contributed by atoms with van der Waals surface area (Å²) in [5, 5.41) is 5.58. The van der Waals surface area contributed by atoms with E-state index in [4.69, 9.17) is 26.4 Å². The molecule has 0 aromatic heterocycles. The van der Waals surface area contributed by atoms with Gasteiger partial charge in [0.1, 0.15) is 5.76 Å². The van der Waals surface area contributed by atoms with E-state index < -0.39 is 0 Å². The van der Waals surface area contributed by atoms with E-state index in [1.807, 2.05) is 6.08 Å². The van der Waals surface area contributed by atoms with Gasteiger partial charge in [0.05, 0.1) is 20.8 Å². The quantitative estimate of drug-likeness (QED) is 0.590. The van der Waals surface area contributed by atoms with Crippen molar-refractivity contribution in [2.45, 2.75) is 18.9 Å². The number of rotatable bonds is 5. The Hall–Kier alpha value is -2.21. The molecule has 1 atom stereocenters. The van der Waals surface area contributed by atoms with Crippen molar-refractivity contribution in [1.82, 2.24) is 4.90 Å². The van der Waals surface area contributed by atoms with Crippen LogP contribution in [0.3, 0.4) is 0 Å². The van der Waals surface area contributed by atoms with E-state index in [1.54, 1.807) is 20.4 Å². The van der Waals surface area contributed by atoms with Crippen molar-refractivity contribution in [2.75, 3.05) is 27.3 Å². The zero-order valence-electron chi connectivity index (χ0n) is 13.3. The predicted molar refractivity (Wildman–Crippen MR) is 86.3 cm³/mol. The summed E-state index contributed by atoms with van der Waals surface area (Å²) in [5.41, 5.74) is 15.9. The molecule has 120 valence electrons. The van der Waals surface area contributed by atoms with Gasteiger partial charge in [-0.15, -0.1) is 0 Å². The molecule has 22 heavy (non-hydrogen) atoms. The maximum atomic E-state index is 6.26. The van der Waals surface area contributed by atoms with Crippen molar-refractivity contribution in [3.8, 4) is 0 Å². The van der Waals surface area contributed by atoms with Crippen LogP contribution >= 0.6 is 0 Å². The number of nitrogens with two attached hydrogens (primary N) is 3. The molecule has 0 aromatic carbocycles. The second kappa shape index (κ2) is 6.70. The highest BCUT2D eigenvalue weighted by Crippen LogP contribution is 2.30. The third-order valence-electron chi connectivity index (χ3n) is 4.17. The molecule has 0 bridgehead atoms. The molecule has 2 rings (SSSR count). The number of allylic oxidation sites excluding steroid dienone is 1. The number of methoxy groups -OCH3 is 2. The highest BCUT2D eigenvalue weighted by atomic mass is 16.5. The van der Waals surface area contributed by atoms with E-state index in [2.05, 4.69) is 11.5 Å². The molecule has 0 saturated heterocycles. The molecular weight excluding hydrogens is 280 g/mol. The lowest BCUT2D eigenvalue weighted by Gasteiger charge is -2.35. The second-order valence-electron chi connectivity index (χ2n) is 5.44. The Labute approximate surface area is 131 Å². The Morgan fingerprint density at radius 1 is 1.45 bits per heavy atom. The molecule has 2 aliphatic rings. The summed E-state index contributed by atoms with van der Waals surface area (Å²) in [7, 11) is 3.24. The van der Waals surface area contributed by atoms with Crippen LogP contribution in [-0.4, -0.2) is 44.5 Å². The van der Waals surface area contributed by atoms with Crippen molar-refractivity contribution < 1.29 is 14.9 Å². The first-order valence-electron chi connectivity index (χ1n) is 7.26. The molecule has 0 amide bonds. The van der Waals surface area contributed by atoms with Gasteiger partial charge in [-0.3, -0.25) is 5.41 Å². The van der Waals surface area contributed by atoms with Gasteiger partial charge in [-0.05, 0) is 18.1 Å². The van der Waals surface area contributed by atoms with Crippen molar-refractivity contribution in [1.29, 1.82) is 0 Å². The van der Waals surface area contributed by atoms with Gasteiger partial charge in [0.15, 0.2) is 12.0 Å². The molecule has 0 aromatic rings. The van der Waals surface area contributed by atoms with E-state index in [1.165, 1.54) is 0 Å². The van der Waals surface area contributed by atoms with Crippen molar-refractivity contribution >= 4 is 6.21 Å². The van der Waals surface area contributed by atoms with E-state index in [0.29, 0.717) is 18.7 Å². The lowest BCUT2D eigenvalue weighted by molar-refractivity contribution is -0.105. The van der Waals surface area contributed by atoms with Crippen LogP contribution in [0.4, 0.5) is 0 Å². The zero-order chi connectivity index (χ0) is 16.3. The van der Waals surface area contributed by atoms with Gasteiger partial charge in [0, 0.05) is 36.0 Å². The Morgan fingerprint density at radius 3 is 2.73 bits per heavy atom. The first kappa shape index (κ1) is 16.2. The average Bonchev–Trinajstić information content (AvgIpc) is 2.53. The highest BCUT2D eigenvalue weighted by Gasteiger charge is 2.27. The fraction of sp³-hybridized carbons (Fsp3) is 0.438. The second-order valence-corrected chi connectivity index (χ2v) is 5.44. The Kier molecular flexibility index (Phi) is 4.92. The molecule has 6 heteroatoms. The standard InChI is InChI=1S/C16H24N4O2/c1-10(20-5-4-11(8-17)14(19)9-20)12-6-15(21-2)16(22-3)7-13(12)18/h6,8,13,17H,1,4-5,7,9,18-19H2,2-3H3/p+1. The number of hydrogen-bond donors (Lipinski definition) is 3. The van der Waals surface area contributed by atoms with Gasteiger partial charge >= 0.3 is 0 Å². The molecule has 0 spiro atoms. The van der Waals surface area contributed by atoms with Gasteiger partial charge in [-0.25, -0.2) is 0 Å². The van der Waals surface area contributed by atoms with E-state index in [0.717, 1.165) is 41.3 Å². The topological polar surface area (TPSA) is 99.3 Å². The van der Waals surface area contributed by atoms with Crippen LogP contribution in [0.15, 0.2) is 46.7 Å². The average molecular weight is 305 g/mol. The summed E-state index contributed by atoms with van der Waals surface area (Å²) in [6.07, 6.45) is 4.88. The van der Waals surface area contributed by atoms with Gasteiger partial charge in [-0.2, -0.15) is 0 Å². The molecule has 6 nitrogen and oxygen atoms in total. The minimum atomic E-state index is -0.172. The SMILES string of the molecule is C=C(C1=CC(OC)=C(OC)CC1N)N1CCC(C=[NH2+])=C(N)C1. The summed E-state index contributed by atoms with van der Waals surface area (Å²) >= 11 is 0. The van der Waals surface area contributed by atoms with Crippen LogP contribution < -0.4 is 16.9 Å². The normalized spacial score (nSPS) is 22.4. The molecule has 1 heterocycles. The summed E-state index contributed by atoms with van der Waals surface area (Å²) in [4.78, 5) is 2.12. The third kappa shape index (κ3) is 3.01. The molecule has 0 fully saturated rings. The van der Waals surface area contributed by atoms with Crippen LogP contribution in [0.1, 0.15) is 12.8 Å².